The first-order chi connectivity index (χ1) is 14.2. The molecule has 0 saturated heterocycles. The molecule has 0 fully saturated rings. The monoisotopic (exact) mass is 382 g/mol. The third-order valence-electron chi connectivity index (χ3n) is 4.96. The second-order valence-corrected chi connectivity index (χ2v) is 7.00. The van der Waals surface area contributed by atoms with Crippen molar-refractivity contribution in [3.8, 4) is 0 Å². The molecule has 29 heavy (non-hydrogen) atoms. The summed E-state index contributed by atoms with van der Waals surface area (Å²) in [6, 6.07) is 24.8. The van der Waals surface area contributed by atoms with Gasteiger partial charge in [0.2, 0.25) is 5.91 Å². The molecule has 1 aliphatic rings. The molecule has 4 nitrogen and oxygen atoms in total. The Morgan fingerprint density at radius 2 is 1.62 bits per heavy atom. The van der Waals surface area contributed by atoms with Crippen molar-refractivity contribution < 1.29 is 9.59 Å². The fraction of sp³-hybridized carbons (Fsp3) is 0.120. The molecule has 0 atom stereocenters. The number of amides is 2. The van der Waals surface area contributed by atoms with Gasteiger partial charge in [-0.05, 0) is 60.4 Å². The third-order valence-corrected chi connectivity index (χ3v) is 4.96. The number of anilines is 2. The summed E-state index contributed by atoms with van der Waals surface area (Å²) < 4.78 is 0. The van der Waals surface area contributed by atoms with Crippen LogP contribution in [0, 0.1) is 0 Å². The topological polar surface area (TPSA) is 49.4 Å². The van der Waals surface area contributed by atoms with Crippen LogP contribution in [0.1, 0.15) is 27.9 Å². The number of nitrogens with zero attached hydrogens (tertiary/aromatic N) is 1. The predicted molar refractivity (Wildman–Crippen MR) is 117 cm³/mol. The van der Waals surface area contributed by atoms with Crippen molar-refractivity contribution in [1.29, 1.82) is 0 Å². The van der Waals surface area contributed by atoms with Gasteiger partial charge in [-0.25, -0.2) is 0 Å². The zero-order valence-electron chi connectivity index (χ0n) is 16.0. The van der Waals surface area contributed by atoms with E-state index in [1.807, 2.05) is 83.8 Å². The van der Waals surface area contributed by atoms with Gasteiger partial charge in [0.1, 0.15) is 0 Å². The van der Waals surface area contributed by atoms with Crippen LogP contribution in [0.25, 0.3) is 6.08 Å². The molecule has 0 aromatic heterocycles. The number of aryl methyl sites for hydroxylation is 1. The number of hydrogen-bond acceptors (Lipinski definition) is 2. The second-order valence-electron chi connectivity index (χ2n) is 7.00. The van der Waals surface area contributed by atoms with E-state index in [0.29, 0.717) is 12.1 Å². The largest absolute Gasteiger partial charge is 0.323 e. The highest BCUT2D eigenvalue weighted by Gasteiger charge is 2.23. The lowest BCUT2D eigenvalue weighted by molar-refractivity contribution is -0.111. The molecule has 1 N–H and O–H groups in total. The van der Waals surface area contributed by atoms with E-state index >= 15 is 0 Å². The Labute approximate surface area is 170 Å². The molecule has 1 aliphatic heterocycles. The maximum atomic E-state index is 12.9. The van der Waals surface area contributed by atoms with Gasteiger partial charge in [0, 0.05) is 29.6 Å². The molecular weight excluding hydrogens is 360 g/mol. The van der Waals surface area contributed by atoms with Gasteiger partial charge < -0.3 is 10.2 Å². The molecule has 0 saturated carbocycles. The molecule has 1 heterocycles. The van der Waals surface area contributed by atoms with Crippen LogP contribution < -0.4 is 10.2 Å². The number of rotatable bonds is 4. The highest BCUT2D eigenvalue weighted by atomic mass is 16.2. The zero-order valence-corrected chi connectivity index (χ0v) is 16.0. The normalized spacial score (nSPS) is 13.2. The summed E-state index contributed by atoms with van der Waals surface area (Å²) in [5, 5.41) is 2.91. The highest BCUT2D eigenvalue weighted by Crippen LogP contribution is 2.31. The van der Waals surface area contributed by atoms with E-state index in [1.54, 1.807) is 6.08 Å². The minimum absolute atomic E-state index is 0.00845. The van der Waals surface area contributed by atoms with E-state index < -0.39 is 0 Å². The van der Waals surface area contributed by atoms with Crippen molar-refractivity contribution in [2.24, 2.45) is 0 Å². The van der Waals surface area contributed by atoms with Crippen molar-refractivity contribution in [2.75, 3.05) is 16.8 Å². The molecule has 0 spiro atoms. The summed E-state index contributed by atoms with van der Waals surface area (Å²) in [6.07, 6.45) is 5.10. The maximum absolute atomic E-state index is 12.9. The number of carbonyl (C=O) groups is 2. The summed E-state index contributed by atoms with van der Waals surface area (Å²) in [6.45, 7) is 0.701. The van der Waals surface area contributed by atoms with E-state index in [4.69, 9.17) is 0 Å². The number of hydrogen-bond donors (Lipinski definition) is 1. The van der Waals surface area contributed by atoms with E-state index in [1.165, 1.54) is 6.08 Å². The Balaban J connectivity index is 1.49. The fourth-order valence-corrected chi connectivity index (χ4v) is 3.54. The lowest BCUT2D eigenvalue weighted by atomic mass is 10.00. The van der Waals surface area contributed by atoms with Crippen LogP contribution in [0.4, 0.5) is 11.4 Å². The fourth-order valence-electron chi connectivity index (χ4n) is 3.54. The van der Waals surface area contributed by atoms with Crippen LogP contribution in [-0.4, -0.2) is 18.4 Å². The number of carbonyl (C=O) groups excluding carboxylic acids is 2. The van der Waals surface area contributed by atoms with Crippen LogP contribution >= 0.6 is 0 Å². The SMILES string of the molecule is O=C(C=Cc1ccccc1)Nc1ccc2c(c1)CCCN2C(=O)c1ccccc1. The standard InChI is InChI=1S/C25H22N2O2/c28-24(16-13-19-8-3-1-4-9-19)26-22-14-15-23-21(18-22)12-7-17-27(23)25(29)20-10-5-2-6-11-20/h1-6,8-11,13-16,18H,7,12,17H2,(H,26,28). The lowest BCUT2D eigenvalue weighted by Crippen LogP contribution is -2.35. The quantitative estimate of drug-likeness (QED) is 0.651. The molecule has 0 bridgehead atoms. The maximum Gasteiger partial charge on any atom is 0.258 e. The average Bonchev–Trinajstić information content (AvgIpc) is 2.78. The van der Waals surface area contributed by atoms with Crippen molar-refractivity contribution in [3.63, 3.8) is 0 Å². The summed E-state index contributed by atoms with van der Waals surface area (Å²) in [5.74, 6) is -0.170. The van der Waals surface area contributed by atoms with Crippen molar-refractivity contribution >= 4 is 29.3 Å². The summed E-state index contributed by atoms with van der Waals surface area (Å²) in [7, 11) is 0. The number of benzene rings is 3. The number of fused-ring (bicyclic) bond motifs is 1. The van der Waals surface area contributed by atoms with Gasteiger partial charge in [-0.3, -0.25) is 9.59 Å². The molecule has 0 radical (unpaired) electrons. The first-order valence-corrected chi connectivity index (χ1v) is 9.75. The Kier molecular flexibility index (Phi) is 5.52. The van der Waals surface area contributed by atoms with Gasteiger partial charge in [0.25, 0.3) is 5.91 Å². The Morgan fingerprint density at radius 3 is 2.38 bits per heavy atom. The minimum Gasteiger partial charge on any atom is -0.323 e. The molecule has 0 aliphatic carbocycles. The zero-order chi connectivity index (χ0) is 20.1. The molecule has 144 valence electrons. The third kappa shape index (κ3) is 4.43. The summed E-state index contributed by atoms with van der Waals surface area (Å²) >= 11 is 0. The lowest BCUT2D eigenvalue weighted by Gasteiger charge is -2.30. The van der Waals surface area contributed by atoms with Crippen molar-refractivity contribution in [2.45, 2.75) is 12.8 Å². The minimum atomic E-state index is -0.179. The van der Waals surface area contributed by atoms with Gasteiger partial charge >= 0.3 is 0 Å². The van der Waals surface area contributed by atoms with Gasteiger partial charge in [-0.1, -0.05) is 48.5 Å². The first-order valence-electron chi connectivity index (χ1n) is 9.75. The van der Waals surface area contributed by atoms with Crippen molar-refractivity contribution in [3.05, 3.63) is 102 Å². The highest BCUT2D eigenvalue weighted by molar-refractivity contribution is 6.07. The van der Waals surface area contributed by atoms with Gasteiger partial charge in [0.15, 0.2) is 0 Å². The summed E-state index contributed by atoms with van der Waals surface area (Å²) in [4.78, 5) is 27.0. The molecule has 4 heteroatoms. The average molecular weight is 382 g/mol. The Bertz CT molecular complexity index is 1040. The Hall–Kier alpha value is -3.66. The van der Waals surface area contributed by atoms with E-state index in [2.05, 4.69) is 5.32 Å². The molecular formula is C25H22N2O2. The van der Waals surface area contributed by atoms with Gasteiger partial charge in [-0.15, -0.1) is 0 Å². The molecule has 3 aromatic rings. The first kappa shape index (κ1) is 18.7. The van der Waals surface area contributed by atoms with Crippen LogP contribution in [-0.2, 0) is 11.2 Å². The van der Waals surface area contributed by atoms with Crippen LogP contribution in [0.15, 0.2) is 84.9 Å². The second kappa shape index (κ2) is 8.57. The van der Waals surface area contributed by atoms with E-state index in [9.17, 15) is 9.59 Å². The van der Waals surface area contributed by atoms with Crippen LogP contribution in [0.5, 0.6) is 0 Å². The molecule has 3 aromatic carbocycles. The van der Waals surface area contributed by atoms with Crippen LogP contribution in [0.3, 0.4) is 0 Å². The van der Waals surface area contributed by atoms with Gasteiger partial charge in [-0.2, -0.15) is 0 Å². The number of nitrogens with one attached hydrogen (secondary N) is 1. The molecule has 0 unspecified atom stereocenters. The Morgan fingerprint density at radius 1 is 0.897 bits per heavy atom. The molecule has 4 rings (SSSR count). The van der Waals surface area contributed by atoms with E-state index in [-0.39, 0.29) is 11.8 Å². The summed E-state index contributed by atoms with van der Waals surface area (Å²) in [5.41, 5.74) is 4.39. The predicted octanol–water partition coefficient (Wildman–Crippen LogP) is 4.93. The van der Waals surface area contributed by atoms with Crippen LogP contribution in [0.2, 0.25) is 0 Å². The smallest absolute Gasteiger partial charge is 0.258 e. The van der Waals surface area contributed by atoms with E-state index in [0.717, 1.165) is 35.3 Å². The van der Waals surface area contributed by atoms with Crippen molar-refractivity contribution in [1.82, 2.24) is 0 Å². The molecule has 2 amide bonds. The van der Waals surface area contributed by atoms with Gasteiger partial charge in [0.05, 0.1) is 0 Å².